The second-order valence-electron chi connectivity index (χ2n) is 4.83. The highest BCUT2D eigenvalue weighted by molar-refractivity contribution is 7.99. The normalized spacial score (nSPS) is 10.4. The lowest BCUT2D eigenvalue weighted by Gasteiger charge is -2.09. The van der Waals surface area contributed by atoms with Gasteiger partial charge in [0.25, 0.3) is 0 Å². The van der Waals surface area contributed by atoms with E-state index in [4.69, 9.17) is 5.26 Å². The molecular weight excluding hydrogens is 311 g/mol. The van der Waals surface area contributed by atoms with E-state index in [1.807, 2.05) is 34.9 Å². The van der Waals surface area contributed by atoms with Crippen molar-refractivity contribution in [1.29, 1.82) is 5.26 Å². The van der Waals surface area contributed by atoms with Crippen molar-refractivity contribution in [2.45, 2.75) is 11.7 Å². The monoisotopic (exact) mass is 324 g/mol. The predicted octanol–water partition coefficient (Wildman–Crippen LogP) is 3.75. The maximum atomic E-state index is 13.1. The Morgan fingerprint density at radius 3 is 2.48 bits per heavy atom. The number of hydrogen-bond donors (Lipinski definition) is 0. The molecule has 0 aliphatic rings. The molecule has 114 valence electrons. The second-order valence-corrected chi connectivity index (χ2v) is 5.77. The summed E-state index contributed by atoms with van der Waals surface area (Å²) in [6, 6.07) is 18.2. The van der Waals surface area contributed by atoms with Crippen molar-refractivity contribution in [3.63, 3.8) is 0 Å². The average molecular weight is 324 g/mol. The van der Waals surface area contributed by atoms with Crippen molar-refractivity contribution in [2.24, 2.45) is 0 Å². The molecule has 0 fully saturated rings. The molecule has 0 amide bonds. The summed E-state index contributed by atoms with van der Waals surface area (Å²) in [5.41, 5.74) is 1.90. The quantitative estimate of drug-likeness (QED) is 0.671. The first-order valence-electron chi connectivity index (χ1n) is 7.01. The SMILES string of the molecule is N#CCSc1nnc(-c2ccc(F)cc2)n1Cc1ccccc1. The molecule has 0 spiro atoms. The van der Waals surface area contributed by atoms with Gasteiger partial charge in [-0.05, 0) is 29.8 Å². The molecule has 0 saturated heterocycles. The first-order chi connectivity index (χ1) is 11.3. The number of nitriles is 1. The van der Waals surface area contributed by atoms with Crippen molar-refractivity contribution < 1.29 is 4.39 Å². The van der Waals surface area contributed by atoms with Gasteiger partial charge in [-0.3, -0.25) is 4.57 Å². The van der Waals surface area contributed by atoms with Gasteiger partial charge in [-0.1, -0.05) is 42.1 Å². The van der Waals surface area contributed by atoms with Crippen LogP contribution < -0.4 is 0 Å². The minimum atomic E-state index is -0.290. The molecule has 0 unspecified atom stereocenters. The molecule has 0 saturated carbocycles. The molecule has 0 bridgehead atoms. The van der Waals surface area contributed by atoms with Crippen LogP contribution in [0, 0.1) is 17.1 Å². The van der Waals surface area contributed by atoms with Crippen LogP contribution in [0.15, 0.2) is 59.8 Å². The second kappa shape index (κ2) is 7.07. The Morgan fingerprint density at radius 2 is 1.78 bits per heavy atom. The Kier molecular flexibility index (Phi) is 4.69. The predicted molar refractivity (Wildman–Crippen MR) is 87.3 cm³/mol. The van der Waals surface area contributed by atoms with Crippen LogP contribution >= 0.6 is 11.8 Å². The molecule has 4 nitrogen and oxygen atoms in total. The summed E-state index contributed by atoms with van der Waals surface area (Å²) in [4.78, 5) is 0. The van der Waals surface area contributed by atoms with Crippen molar-refractivity contribution in [1.82, 2.24) is 14.8 Å². The van der Waals surface area contributed by atoms with Crippen LogP contribution in [-0.2, 0) is 6.54 Å². The minimum absolute atomic E-state index is 0.290. The van der Waals surface area contributed by atoms with E-state index in [1.54, 1.807) is 12.1 Å². The molecule has 0 aliphatic heterocycles. The molecule has 6 heteroatoms. The van der Waals surface area contributed by atoms with Crippen LogP contribution in [0.3, 0.4) is 0 Å². The molecule has 3 aromatic rings. The van der Waals surface area contributed by atoms with Crippen molar-refractivity contribution >= 4 is 11.8 Å². The summed E-state index contributed by atoms with van der Waals surface area (Å²) in [6.45, 7) is 0.592. The third-order valence-corrected chi connectivity index (χ3v) is 4.10. The number of nitrogens with zero attached hydrogens (tertiary/aromatic N) is 4. The van der Waals surface area contributed by atoms with E-state index >= 15 is 0 Å². The molecule has 0 atom stereocenters. The molecule has 0 radical (unpaired) electrons. The lowest BCUT2D eigenvalue weighted by molar-refractivity contribution is 0.628. The highest BCUT2D eigenvalue weighted by atomic mass is 32.2. The summed E-state index contributed by atoms with van der Waals surface area (Å²) in [5, 5.41) is 17.9. The molecule has 1 heterocycles. The Bertz CT molecular complexity index is 822. The van der Waals surface area contributed by atoms with Gasteiger partial charge in [0.1, 0.15) is 5.82 Å². The molecule has 0 N–H and O–H groups in total. The molecular formula is C17H13FN4S. The van der Waals surface area contributed by atoms with E-state index < -0.39 is 0 Å². The molecule has 3 rings (SSSR count). The largest absolute Gasteiger partial charge is 0.298 e. The summed E-state index contributed by atoms with van der Waals surface area (Å²) < 4.78 is 15.1. The molecule has 1 aromatic heterocycles. The maximum absolute atomic E-state index is 13.1. The van der Waals surface area contributed by atoms with Gasteiger partial charge in [-0.15, -0.1) is 10.2 Å². The first kappa shape index (κ1) is 15.3. The van der Waals surface area contributed by atoms with E-state index in [2.05, 4.69) is 16.3 Å². The standard InChI is InChI=1S/C17H13FN4S/c18-15-8-6-14(7-9-15)16-20-21-17(23-11-10-19)22(16)12-13-4-2-1-3-5-13/h1-9H,11-12H2. The highest BCUT2D eigenvalue weighted by Crippen LogP contribution is 2.25. The minimum Gasteiger partial charge on any atom is -0.298 e. The molecule has 23 heavy (non-hydrogen) atoms. The van der Waals surface area contributed by atoms with Crippen LogP contribution in [-0.4, -0.2) is 20.5 Å². The third-order valence-electron chi connectivity index (χ3n) is 3.27. The van der Waals surface area contributed by atoms with E-state index in [0.29, 0.717) is 23.3 Å². The van der Waals surface area contributed by atoms with Gasteiger partial charge in [0.15, 0.2) is 11.0 Å². The van der Waals surface area contributed by atoms with Crippen LogP contribution in [0.4, 0.5) is 4.39 Å². The molecule has 0 aliphatic carbocycles. The Balaban J connectivity index is 2.00. The van der Waals surface area contributed by atoms with Crippen LogP contribution in [0.1, 0.15) is 5.56 Å². The zero-order valence-corrected chi connectivity index (χ0v) is 13.0. The fourth-order valence-corrected chi connectivity index (χ4v) is 2.81. The number of hydrogen-bond acceptors (Lipinski definition) is 4. The van der Waals surface area contributed by atoms with E-state index in [1.165, 1.54) is 23.9 Å². The summed E-state index contributed by atoms with van der Waals surface area (Å²) in [5.74, 6) is 0.673. The Labute approximate surface area is 137 Å². The van der Waals surface area contributed by atoms with Crippen LogP contribution in [0.5, 0.6) is 0 Å². The molecule has 2 aromatic carbocycles. The highest BCUT2D eigenvalue weighted by Gasteiger charge is 2.14. The number of benzene rings is 2. The van der Waals surface area contributed by atoms with Gasteiger partial charge in [0.2, 0.25) is 0 Å². The summed E-state index contributed by atoms with van der Waals surface area (Å²) in [7, 11) is 0. The summed E-state index contributed by atoms with van der Waals surface area (Å²) in [6.07, 6.45) is 0. The van der Waals surface area contributed by atoms with Gasteiger partial charge in [-0.25, -0.2) is 4.39 Å². The van der Waals surface area contributed by atoms with Crippen LogP contribution in [0.25, 0.3) is 11.4 Å². The van der Waals surface area contributed by atoms with Gasteiger partial charge in [0, 0.05) is 5.56 Å². The van der Waals surface area contributed by atoms with E-state index in [-0.39, 0.29) is 5.82 Å². The van der Waals surface area contributed by atoms with Gasteiger partial charge in [0.05, 0.1) is 18.4 Å². The van der Waals surface area contributed by atoms with Gasteiger partial charge in [-0.2, -0.15) is 5.26 Å². The van der Waals surface area contributed by atoms with Gasteiger partial charge >= 0.3 is 0 Å². The van der Waals surface area contributed by atoms with Crippen LogP contribution in [0.2, 0.25) is 0 Å². The number of rotatable bonds is 5. The third kappa shape index (κ3) is 3.58. The van der Waals surface area contributed by atoms with E-state index in [9.17, 15) is 4.39 Å². The van der Waals surface area contributed by atoms with Crippen molar-refractivity contribution in [2.75, 3.05) is 5.75 Å². The lowest BCUT2D eigenvalue weighted by Crippen LogP contribution is -2.04. The van der Waals surface area contributed by atoms with E-state index in [0.717, 1.165) is 11.1 Å². The number of aromatic nitrogens is 3. The van der Waals surface area contributed by atoms with Gasteiger partial charge < -0.3 is 0 Å². The number of thioether (sulfide) groups is 1. The number of halogens is 1. The fourth-order valence-electron chi connectivity index (χ4n) is 2.21. The fraction of sp³-hybridized carbons (Fsp3) is 0.118. The Morgan fingerprint density at radius 1 is 1.04 bits per heavy atom. The zero-order valence-electron chi connectivity index (χ0n) is 12.2. The maximum Gasteiger partial charge on any atom is 0.192 e. The zero-order chi connectivity index (χ0) is 16.1. The lowest BCUT2D eigenvalue weighted by atomic mass is 10.2. The van der Waals surface area contributed by atoms with Crippen molar-refractivity contribution in [3.8, 4) is 17.5 Å². The first-order valence-corrected chi connectivity index (χ1v) is 7.99. The summed E-state index contributed by atoms with van der Waals surface area (Å²) >= 11 is 1.34. The topological polar surface area (TPSA) is 54.5 Å². The average Bonchev–Trinajstić information content (AvgIpc) is 2.97. The van der Waals surface area contributed by atoms with Crippen molar-refractivity contribution in [3.05, 3.63) is 66.0 Å². The Hall–Kier alpha value is -2.65. The smallest absolute Gasteiger partial charge is 0.192 e.